The van der Waals surface area contributed by atoms with Gasteiger partial charge >= 0.3 is 0 Å². The lowest BCUT2D eigenvalue weighted by molar-refractivity contribution is -0.113. The Morgan fingerprint density at radius 1 is 1.58 bits per heavy atom. The van der Waals surface area contributed by atoms with Gasteiger partial charge in [-0.05, 0) is 18.2 Å². The number of anilines is 2. The molecule has 3 N–H and O–H groups in total. The first-order valence-electron chi connectivity index (χ1n) is 5.13. The summed E-state index contributed by atoms with van der Waals surface area (Å²) in [6.07, 6.45) is 1.60. The Labute approximate surface area is 122 Å². The molecule has 0 saturated heterocycles. The number of nitrogens with one attached hydrogen (secondary N) is 1. The SMILES string of the molecule is Nc1ncc(SCC(=O)Nc2ccc(Cl)cc2F)s1. The van der Waals surface area contributed by atoms with Crippen molar-refractivity contribution < 1.29 is 9.18 Å². The van der Waals surface area contributed by atoms with Crippen LogP contribution in [0.4, 0.5) is 15.2 Å². The summed E-state index contributed by atoms with van der Waals surface area (Å²) in [5.41, 5.74) is 5.58. The number of hydrogen-bond donors (Lipinski definition) is 2. The lowest BCUT2D eigenvalue weighted by Gasteiger charge is -2.05. The van der Waals surface area contributed by atoms with Crippen LogP contribution < -0.4 is 11.1 Å². The summed E-state index contributed by atoms with van der Waals surface area (Å²) in [6, 6.07) is 4.08. The molecule has 0 atom stereocenters. The van der Waals surface area contributed by atoms with Crippen molar-refractivity contribution in [1.82, 2.24) is 4.98 Å². The Kier molecular flexibility index (Phi) is 4.62. The number of carbonyl (C=O) groups is 1. The Balaban J connectivity index is 1.90. The normalized spacial score (nSPS) is 10.4. The maximum absolute atomic E-state index is 13.4. The fourth-order valence-electron chi connectivity index (χ4n) is 1.25. The number of rotatable bonds is 4. The summed E-state index contributed by atoms with van der Waals surface area (Å²) in [5.74, 6) is -0.713. The molecule has 0 aliphatic rings. The molecule has 100 valence electrons. The highest BCUT2D eigenvalue weighted by Gasteiger charge is 2.09. The number of nitrogens with two attached hydrogens (primary N) is 1. The minimum absolute atomic E-state index is 0.110. The van der Waals surface area contributed by atoms with Crippen LogP contribution in [0.2, 0.25) is 5.02 Å². The van der Waals surface area contributed by atoms with Gasteiger partial charge in [0.05, 0.1) is 21.8 Å². The molecule has 1 aromatic carbocycles. The van der Waals surface area contributed by atoms with Gasteiger partial charge in [-0.25, -0.2) is 9.37 Å². The van der Waals surface area contributed by atoms with Crippen molar-refractivity contribution in [2.24, 2.45) is 0 Å². The topological polar surface area (TPSA) is 68.0 Å². The summed E-state index contributed by atoms with van der Waals surface area (Å²) in [5, 5.41) is 3.21. The largest absolute Gasteiger partial charge is 0.375 e. The van der Waals surface area contributed by atoms with Crippen LogP contribution in [0.3, 0.4) is 0 Å². The first-order chi connectivity index (χ1) is 9.04. The summed E-state index contributed by atoms with van der Waals surface area (Å²) in [7, 11) is 0. The Hall–Kier alpha value is -1.31. The number of aromatic nitrogens is 1. The molecule has 0 saturated carbocycles. The van der Waals surface area contributed by atoms with E-state index in [1.165, 1.54) is 35.2 Å². The molecule has 4 nitrogen and oxygen atoms in total. The zero-order chi connectivity index (χ0) is 13.8. The number of halogens is 2. The molecule has 1 heterocycles. The van der Waals surface area contributed by atoms with Gasteiger partial charge in [-0.15, -0.1) is 11.8 Å². The van der Waals surface area contributed by atoms with Gasteiger partial charge in [0.25, 0.3) is 0 Å². The molecule has 0 aliphatic carbocycles. The van der Waals surface area contributed by atoms with Crippen molar-refractivity contribution in [3.05, 3.63) is 35.2 Å². The Morgan fingerprint density at radius 2 is 2.37 bits per heavy atom. The second-order valence-electron chi connectivity index (χ2n) is 3.48. The van der Waals surface area contributed by atoms with Gasteiger partial charge in [0, 0.05) is 5.02 Å². The van der Waals surface area contributed by atoms with Crippen molar-refractivity contribution in [3.63, 3.8) is 0 Å². The van der Waals surface area contributed by atoms with E-state index in [2.05, 4.69) is 10.3 Å². The molecule has 0 radical (unpaired) electrons. The summed E-state index contributed by atoms with van der Waals surface area (Å²) < 4.78 is 14.3. The second-order valence-corrected chi connectivity index (χ2v) is 6.25. The van der Waals surface area contributed by atoms with Crippen LogP contribution in [0.25, 0.3) is 0 Å². The molecular weight excluding hydrogens is 309 g/mol. The second kappa shape index (κ2) is 6.23. The fraction of sp³-hybridized carbons (Fsp3) is 0.0909. The highest BCUT2D eigenvalue weighted by atomic mass is 35.5. The molecule has 0 unspecified atom stereocenters. The molecule has 0 fully saturated rings. The van der Waals surface area contributed by atoms with Crippen LogP contribution in [0.15, 0.2) is 28.6 Å². The zero-order valence-electron chi connectivity index (χ0n) is 9.52. The van der Waals surface area contributed by atoms with Crippen LogP contribution in [0, 0.1) is 5.82 Å². The molecular formula is C11H9ClFN3OS2. The molecule has 2 rings (SSSR count). The minimum Gasteiger partial charge on any atom is -0.375 e. The smallest absolute Gasteiger partial charge is 0.234 e. The third-order valence-electron chi connectivity index (χ3n) is 2.05. The minimum atomic E-state index is -0.562. The van der Waals surface area contributed by atoms with Gasteiger partial charge in [-0.3, -0.25) is 4.79 Å². The summed E-state index contributed by atoms with van der Waals surface area (Å²) in [4.78, 5) is 15.5. The Morgan fingerprint density at radius 3 is 3.00 bits per heavy atom. The lowest BCUT2D eigenvalue weighted by atomic mass is 10.3. The van der Waals surface area contributed by atoms with Gasteiger partial charge in [-0.1, -0.05) is 22.9 Å². The average molecular weight is 318 g/mol. The Bertz CT molecular complexity index is 605. The molecule has 0 bridgehead atoms. The van der Waals surface area contributed by atoms with Gasteiger partial charge < -0.3 is 11.1 Å². The van der Waals surface area contributed by atoms with E-state index in [1.807, 2.05) is 0 Å². The molecule has 0 aliphatic heterocycles. The van der Waals surface area contributed by atoms with Gasteiger partial charge in [0.15, 0.2) is 5.13 Å². The summed E-state index contributed by atoms with van der Waals surface area (Å²) in [6.45, 7) is 0. The predicted octanol–water partition coefficient (Wildman–Crippen LogP) is 3.25. The average Bonchev–Trinajstić information content (AvgIpc) is 2.76. The van der Waals surface area contributed by atoms with E-state index in [0.29, 0.717) is 5.13 Å². The molecule has 19 heavy (non-hydrogen) atoms. The van der Waals surface area contributed by atoms with E-state index in [1.54, 1.807) is 6.20 Å². The lowest BCUT2D eigenvalue weighted by Crippen LogP contribution is -2.14. The quantitative estimate of drug-likeness (QED) is 0.849. The first-order valence-corrected chi connectivity index (χ1v) is 7.31. The molecule has 0 spiro atoms. The van der Waals surface area contributed by atoms with Crippen LogP contribution in [-0.2, 0) is 4.79 Å². The molecule has 8 heteroatoms. The highest BCUT2D eigenvalue weighted by Crippen LogP contribution is 2.26. The van der Waals surface area contributed by atoms with E-state index in [0.717, 1.165) is 10.3 Å². The number of benzene rings is 1. The van der Waals surface area contributed by atoms with Crippen LogP contribution in [0.1, 0.15) is 0 Å². The number of thioether (sulfide) groups is 1. The van der Waals surface area contributed by atoms with Crippen LogP contribution >= 0.6 is 34.7 Å². The van der Waals surface area contributed by atoms with Gasteiger partial charge in [-0.2, -0.15) is 0 Å². The van der Waals surface area contributed by atoms with Crippen LogP contribution in [-0.4, -0.2) is 16.6 Å². The van der Waals surface area contributed by atoms with Gasteiger partial charge in [0.1, 0.15) is 5.82 Å². The van der Waals surface area contributed by atoms with E-state index < -0.39 is 5.82 Å². The van der Waals surface area contributed by atoms with Crippen molar-refractivity contribution >= 4 is 51.4 Å². The van der Waals surface area contributed by atoms with E-state index >= 15 is 0 Å². The molecule has 1 aromatic heterocycles. The van der Waals surface area contributed by atoms with E-state index in [-0.39, 0.29) is 22.4 Å². The zero-order valence-corrected chi connectivity index (χ0v) is 11.9. The fourth-order valence-corrected chi connectivity index (χ4v) is 2.97. The standard InChI is InChI=1S/C11H9ClFN3OS2/c12-6-1-2-8(7(13)3-6)16-9(17)5-18-10-4-15-11(14)19-10/h1-4H,5H2,(H2,14,15)(H,16,17). The van der Waals surface area contributed by atoms with Crippen LogP contribution in [0.5, 0.6) is 0 Å². The van der Waals surface area contributed by atoms with Crippen molar-refractivity contribution in [2.75, 3.05) is 16.8 Å². The van der Waals surface area contributed by atoms with Crippen molar-refractivity contribution in [2.45, 2.75) is 4.21 Å². The number of hydrogen-bond acceptors (Lipinski definition) is 5. The molecule has 1 amide bonds. The van der Waals surface area contributed by atoms with E-state index in [9.17, 15) is 9.18 Å². The van der Waals surface area contributed by atoms with E-state index in [4.69, 9.17) is 17.3 Å². The number of thiazole rings is 1. The maximum Gasteiger partial charge on any atom is 0.234 e. The monoisotopic (exact) mass is 317 g/mol. The number of amides is 1. The third-order valence-corrected chi connectivity index (χ3v) is 4.31. The third kappa shape index (κ3) is 4.09. The predicted molar refractivity (Wildman–Crippen MR) is 77.3 cm³/mol. The number of carbonyl (C=O) groups excluding carboxylic acids is 1. The maximum atomic E-state index is 13.4. The number of nitrogens with zero attached hydrogens (tertiary/aromatic N) is 1. The first kappa shape index (κ1) is 14.1. The van der Waals surface area contributed by atoms with Crippen molar-refractivity contribution in [3.8, 4) is 0 Å². The highest BCUT2D eigenvalue weighted by molar-refractivity contribution is 8.01. The molecule has 2 aromatic rings. The number of nitrogen functional groups attached to an aromatic ring is 1. The van der Waals surface area contributed by atoms with Gasteiger partial charge in [0.2, 0.25) is 5.91 Å². The van der Waals surface area contributed by atoms with Crippen molar-refractivity contribution in [1.29, 1.82) is 0 Å². The summed E-state index contributed by atoms with van der Waals surface area (Å²) >= 11 is 8.22.